The van der Waals surface area contributed by atoms with Crippen molar-refractivity contribution in [3.05, 3.63) is 29.8 Å². The largest absolute Gasteiger partial charge is 0.497 e. The van der Waals surface area contributed by atoms with Crippen molar-refractivity contribution >= 4 is 0 Å². The van der Waals surface area contributed by atoms with E-state index < -0.39 is 0 Å². The molecule has 0 saturated carbocycles. The van der Waals surface area contributed by atoms with Gasteiger partial charge in [-0.25, -0.2) is 0 Å². The van der Waals surface area contributed by atoms with Crippen LogP contribution in [0.1, 0.15) is 18.4 Å². The highest BCUT2D eigenvalue weighted by atomic mass is 16.5. The third-order valence-corrected chi connectivity index (χ3v) is 4.16. The van der Waals surface area contributed by atoms with Crippen molar-refractivity contribution in [3.63, 3.8) is 0 Å². The van der Waals surface area contributed by atoms with Gasteiger partial charge in [-0.05, 0) is 17.7 Å². The van der Waals surface area contributed by atoms with E-state index in [-0.39, 0.29) is 5.72 Å². The summed E-state index contributed by atoms with van der Waals surface area (Å²) in [4.78, 5) is 2.50. The summed E-state index contributed by atoms with van der Waals surface area (Å²) in [5.74, 6) is 0.921. The van der Waals surface area contributed by atoms with Crippen molar-refractivity contribution in [2.45, 2.75) is 25.1 Å². The smallest absolute Gasteiger partial charge is 0.121 e. The number of hydrogen-bond acceptors (Lipinski definition) is 4. The Morgan fingerprint density at radius 2 is 2.00 bits per heavy atom. The summed E-state index contributed by atoms with van der Waals surface area (Å²) in [7, 11) is 1.70. The average molecular weight is 262 g/mol. The van der Waals surface area contributed by atoms with Crippen molar-refractivity contribution in [2.24, 2.45) is 0 Å². The Morgan fingerprint density at radius 1 is 1.26 bits per heavy atom. The van der Waals surface area contributed by atoms with Crippen LogP contribution < -0.4 is 10.1 Å². The summed E-state index contributed by atoms with van der Waals surface area (Å²) < 4.78 is 11.0. The first kappa shape index (κ1) is 12.9. The van der Waals surface area contributed by atoms with Crippen LogP contribution in [0.2, 0.25) is 0 Å². The summed E-state index contributed by atoms with van der Waals surface area (Å²) in [5, 5.41) is 3.51. The van der Waals surface area contributed by atoms with E-state index >= 15 is 0 Å². The van der Waals surface area contributed by atoms with Crippen LogP contribution in [-0.2, 0) is 11.3 Å². The van der Waals surface area contributed by atoms with Gasteiger partial charge in [0.25, 0.3) is 0 Å². The fourth-order valence-corrected chi connectivity index (χ4v) is 2.96. The fraction of sp³-hybridized carbons (Fsp3) is 0.600. The van der Waals surface area contributed by atoms with Crippen molar-refractivity contribution in [1.29, 1.82) is 0 Å². The van der Waals surface area contributed by atoms with E-state index in [2.05, 4.69) is 22.3 Å². The number of piperidine rings is 1. The zero-order valence-electron chi connectivity index (χ0n) is 11.5. The molecule has 0 radical (unpaired) electrons. The van der Waals surface area contributed by atoms with E-state index in [9.17, 15) is 0 Å². The molecule has 2 aliphatic rings. The molecule has 1 N–H and O–H groups in total. The molecule has 4 heteroatoms. The molecule has 1 aromatic rings. The lowest BCUT2D eigenvalue weighted by atomic mass is 10.0. The number of ether oxygens (including phenoxy) is 2. The molecule has 104 valence electrons. The highest BCUT2D eigenvalue weighted by Gasteiger charge is 2.37. The maximum absolute atomic E-state index is 5.86. The van der Waals surface area contributed by atoms with Gasteiger partial charge in [0.05, 0.1) is 13.7 Å². The molecule has 0 aromatic heterocycles. The van der Waals surface area contributed by atoms with Crippen LogP contribution in [0, 0.1) is 0 Å². The molecular formula is C15H22N2O2. The van der Waals surface area contributed by atoms with E-state index in [0.717, 1.165) is 51.4 Å². The predicted octanol–water partition coefficient (Wildman–Crippen LogP) is 1.61. The minimum absolute atomic E-state index is 0.0175. The minimum Gasteiger partial charge on any atom is -0.497 e. The molecule has 2 aliphatic heterocycles. The highest BCUT2D eigenvalue weighted by molar-refractivity contribution is 5.27. The second kappa shape index (κ2) is 5.49. The van der Waals surface area contributed by atoms with Gasteiger partial charge in [0.15, 0.2) is 0 Å². The second-order valence-electron chi connectivity index (χ2n) is 5.39. The van der Waals surface area contributed by atoms with E-state index in [1.807, 2.05) is 12.1 Å². The van der Waals surface area contributed by atoms with Crippen LogP contribution in [0.4, 0.5) is 0 Å². The number of rotatable bonds is 3. The summed E-state index contributed by atoms with van der Waals surface area (Å²) in [6.07, 6.45) is 2.17. The molecule has 1 aromatic carbocycles. The zero-order chi connectivity index (χ0) is 13.1. The molecule has 0 atom stereocenters. The molecule has 2 saturated heterocycles. The first-order chi connectivity index (χ1) is 9.30. The van der Waals surface area contributed by atoms with Crippen LogP contribution in [0.25, 0.3) is 0 Å². The molecular weight excluding hydrogens is 240 g/mol. The van der Waals surface area contributed by atoms with E-state index in [1.54, 1.807) is 7.11 Å². The topological polar surface area (TPSA) is 33.7 Å². The summed E-state index contributed by atoms with van der Waals surface area (Å²) in [6, 6.07) is 8.35. The third kappa shape index (κ3) is 2.91. The Balaban J connectivity index is 1.53. The van der Waals surface area contributed by atoms with Gasteiger partial charge < -0.3 is 9.47 Å². The van der Waals surface area contributed by atoms with Gasteiger partial charge in [0.1, 0.15) is 11.5 Å². The Bertz CT molecular complexity index is 403. The van der Waals surface area contributed by atoms with Gasteiger partial charge in [-0.2, -0.15) is 0 Å². The van der Waals surface area contributed by atoms with Gasteiger partial charge >= 0.3 is 0 Å². The van der Waals surface area contributed by atoms with Crippen LogP contribution in [0.15, 0.2) is 24.3 Å². The molecule has 2 fully saturated rings. The molecule has 19 heavy (non-hydrogen) atoms. The fourth-order valence-electron chi connectivity index (χ4n) is 2.96. The highest BCUT2D eigenvalue weighted by Crippen LogP contribution is 2.27. The second-order valence-corrected chi connectivity index (χ2v) is 5.39. The predicted molar refractivity (Wildman–Crippen MR) is 74.2 cm³/mol. The average Bonchev–Trinajstić information content (AvgIpc) is 2.91. The molecule has 1 spiro atoms. The van der Waals surface area contributed by atoms with Crippen molar-refractivity contribution in [3.8, 4) is 5.75 Å². The maximum Gasteiger partial charge on any atom is 0.121 e. The maximum atomic E-state index is 5.86. The normalized spacial score (nSPS) is 22.8. The van der Waals surface area contributed by atoms with Crippen molar-refractivity contribution in [2.75, 3.05) is 33.4 Å². The van der Waals surface area contributed by atoms with Gasteiger partial charge in [-0.3, -0.25) is 10.2 Å². The standard InChI is InChI=1S/C15H22N2O2/c1-18-14-4-2-13(3-5-14)12-17-9-6-15(7-10-17)16-8-11-19-15/h2-5,16H,6-12H2,1H3. The molecule has 0 aliphatic carbocycles. The lowest BCUT2D eigenvalue weighted by Gasteiger charge is -2.38. The lowest BCUT2D eigenvalue weighted by molar-refractivity contribution is -0.0576. The van der Waals surface area contributed by atoms with Gasteiger partial charge in [0.2, 0.25) is 0 Å². The monoisotopic (exact) mass is 262 g/mol. The van der Waals surface area contributed by atoms with Crippen molar-refractivity contribution < 1.29 is 9.47 Å². The van der Waals surface area contributed by atoms with Gasteiger partial charge in [-0.1, -0.05) is 12.1 Å². The van der Waals surface area contributed by atoms with E-state index in [0.29, 0.717) is 0 Å². The van der Waals surface area contributed by atoms with Crippen LogP contribution in [0.3, 0.4) is 0 Å². The molecule has 0 amide bonds. The minimum atomic E-state index is -0.0175. The quantitative estimate of drug-likeness (QED) is 0.897. The lowest BCUT2D eigenvalue weighted by Crippen LogP contribution is -2.50. The van der Waals surface area contributed by atoms with Crippen LogP contribution in [0.5, 0.6) is 5.75 Å². The summed E-state index contributed by atoms with van der Waals surface area (Å²) in [6.45, 7) is 5.06. The zero-order valence-corrected chi connectivity index (χ0v) is 11.5. The van der Waals surface area contributed by atoms with Gasteiger partial charge in [-0.15, -0.1) is 0 Å². The molecule has 2 heterocycles. The molecule has 3 rings (SSSR count). The third-order valence-electron chi connectivity index (χ3n) is 4.16. The van der Waals surface area contributed by atoms with E-state index in [4.69, 9.17) is 9.47 Å². The summed E-state index contributed by atoms with van der Waals surface area (Å²) in [5.41, 5.74) is 1.33. The van der Waals surface area contributed by atoms with Crippen LogP contribution >= 0.6 is 0 Å². The number of likely N-dealkylation sites (tertiary alicyclic amines) is 1. The van der Waals surface area contributed by atoms with Crippen molar-refractivity contribution in [1.82, 2.24) is 10.2 Å². The Hall–Kier alpha value is -1.10. The SMILES string of the molecule is COc1ccc(CN2CCC3(CC2)NCCO3)cc1. The number of methoxy groups -OCH3 is 1. The molecule has 0 bridgehead atoms. The number of nitrogens with zero attached hydrogens (tertiary/aromatic N) is 1. The Kier molecular flexibility index (Phi) is 3.73. The first-order valence-electron chi connectivity index (χ1n) is 7.04. The number of hydrogen-bond donors (Lipinski definition) is 1. The van der Waals surface area contributed by atoms with E-state index in [1.165, 1.54) is 5.56 Å². The van der Waals surface area contributed by atoms with Crippen LogP contribution in [-0.4, -0.2) is 44.0 Å². The molecule has 0 unspecified atom stereocenters. The Labute approximate surface area is 114 Å². The number of nitrogens with one attached hydrogen (secondary N) is 1. The molecule has 4 nitrogen and oxygen atoms in total. The summed E-state index contributed by atoms with van der Waals surface area (Å²) >= 11 is 0. The first-order valence-corrected chi connectivity index (χ1v) is 7.04. The van der Waals surface area contributed by atoms with Gasteiger partial charge in [0, 0.05) is 39.0 Å². The Morgan fingerprint density at radius 3 is 2.58 bits per heavy atom. The number of benzene rings is 1.